The van der Waals surface area contributed by atoms with Crippen molar-refractivity contribution in [3.05, 3.63) is 23.8 Å². The lowest BCUT2D eigenvalue weighted by atomic mass is 10.2. The minimum Gasteiger partial charge on any atom is -0.490 e. The summed E-state index contributed by atoms with van der Waals surface area (Å²) in [7, 11) is 0. The van der Waals surface area contributed by atoms with Crippen LogP contribution < -0.4 is 14.8 Å². The lowest BCUT2D eigenvalue weighted by molar-refractivity contribution is 0.0938. The number of ether oxygens (including phenoxy) is 3. The van der Waals surface area contributed by atoms with Crippen LogP contribution >= 0.6 is 0 Å². The van der Waals surface area contributed by atoms with Crippen LogP contribution in [0.5, 0.6) is 11.5 Å². The Bertz CT molecular complexity index is 384. The van der Waals surface area contributed by atoms with Crippen LogP contribution in [0.25, 0.3) is 0 Å². The zero-order valence-corrected chi connectivity index (χ0v) is 11.1. The van der Waals surface area contributed by atoms with E-state index in [0.717, 1.165) is 36.6 Å². The molecule has 19 heavy (non-hydrogen) atoms. The first-order valence-corrected chi connectivity index (χ1v) is 6.68. The zero-order valence-electron chi connectivity index (χ0n) is 11.1. The molecule has 0 fully saturated rings. The van der Waals surface area contributed by atoms with Crippen molar-refractivity contribution >= 4 is 0 Å². The van der Waals surface area contributed by atoms with E-state index < -0.39 is 0 Å². The Kier molecular flexibility index (Phi) is 5.94. The van der Waals surface area contributed by atoms with Crippen LogP contribution in [-0.4, -0.2) is 44.7 Å². The van der Waals surface area contributed by atoms with Crippen molar-refractivity contribution in [3.63, 3.8) is 0 Å². The van der Waals surface area contributed by atoms with Crippen LogP contribution in [0, 0.1) is 0 Å². The van der Waals surface area contributed by atoms with Gasteiger partial charge in [-0.05, 0) is 17.7 Å². The summed E-state index contributed by atoms with van der Waals surface area (Å²) in [6.07, 6.45) is 0.921. The highest BCUT2D eigenvalue weighted by Crippen LogP contribution is 2.30. The van der Waals surface area contributed by atoms with Crippen LogP contribution in [0.2, 0.25) is 0 Å². The van der Waals surface area contributed by atoms with Gasteiger partial charge in [0.05, 0.1) is 33.0 Å². The standard InChI is InChI=1S/C14H21NO4/c16-5-9-17-8-4-15-11-12-2-3-13-14(10-12)19-7-1-6-18-13/h2-3,10,15-16H,1,4-9,11H2. The molecule has 2 N–H and O–H groups in total. The molecule has 5 heteroatoms. The lowest BCUT2D eigenvalue weighted by Crippen LogP contribution is -2.20. The van der Waals surface area contributed by atoms with Crippen molar-refractivity contribution in [2.45, 2.75) is 13.0 Å². The van der Waals surface area contributed by atoms with Gasteiger partial charge in [-0.1, -0.05) is 6.07 Å². The Morgan fingerprint density at radius 1 is 1.16 bits per heavy atom. The van der Waals surface area contributed by atoms with Gasteiger partial charge >= 0.3 is 0 Å². The maximum absolute atomic E-state index is 8.57. The number of hydrogen-bond donors (Lipinski definition) is 2. The maximum atomic E-state index is 8.57. The molecule has 5 nitrogen and oxygen atoms in total. The Labute approximate surface area is 113 Å². The number of fused-ring (bicyclic) bond motifs is 1. The summed E-state index contributed by atoms with van der Waals surface area (Å²) in [5, 5.41) is 11.8. The van der Waals surface area contributed by atoms with Crippen LogP contribution in [0.3, 0.4) is 0 Å². The molecule has 106 valence electrons. The van der Waals surface area contributed by atoms with Crippen LogP contribution in [0.4, 0.5) is 0 Å². The molecule has 0 aliphatic carbocycles. The number of aliphatic hydroxyl groups excluding tert-OH is 1. The first kappa shape index (κ1) is 14.1. The van der Waals surface area contributed by atoms with Gasteiger partial charge < -0.3 is 24.6 Å². The van der Waals surface area contributed by atoms with Crippen molar-refractivity contribution in [1.82, 2.24) is 5.32 Å². The quantitative estimate of drug-likeness (QED) is 0.720. The summed E-state index contributed by atoms with van der Waals surface area (Å²) in [6, 6.07) is 6.01. The molecule has 0 saturated heterocycles. The molecule has 0 unspecified atom stereocenters. The molecule has 0 radical (unpaired) electrons. The van der Waals surface area contributed by atoms with Gasteiger partial charge in [-0.2, -0.15) is 0 Å². The largest absolute Gasteiger partial charge is 0.490 e. The molecule has 1 aliphatic heterocycles. The average Bonchev–Trinajstić information content (AvgIpc) is 2.67. The average molecular weight is 267 g/mol. The third kappa shape index (κ3) is 4.70. The van der Waals surface area contributed by atoms with E-state index in [4.69, 9.17) is 19.3 Å². The smallest absolute Gasteiger partial charge is 0.161 e. The second-order valence-electron chi connectivity index (χ2n) is 4.34. The van der Waals surface area contributed by atoms with E-state index >= 15 is 0 Å². The van der Waals surface area contributed by atoms with Gasteiger partial charge in [-0.25, -0.2) is 0 Å². The van der Waals surface area contributed by atoms with Gasteiger partial charge in [0.15, 0.2) is 11.5 Å². The Hall–Kier alpha value is -1.30. The molecular weight excluding hydrogens is 246 g/mol. The number of benzene rings is 1. The Morgan fingerprint density at radius 2 is 2.00 bits per heavy atom. The fourth-order valence-corrected chi connectivity index (χ4v) is 1.86. The van der Waals surface area contributed by atoms with E-state index in [2.05, 4.69) is 5.32 Å². The van der Waals surface area contributed by atoms with Gasteiger partial charge in [-0.15, -0.1) is 0 Å². The molecule has 0 amide bonds. The molecule has 0 atom stereocenters. The first-order valence-electron chi connectivity index (χ1n) is 6.68. The highest BCUT2D eigenvalue weighted by atomic mass is 16.5. The third-order valence-electron chi connectivity index (χ3n) is 2.80. The Morgan fingerprint density at radius 3 is 2.84 bits per heavy atom. The third-order valence-corrected chi connectivity index (χ3v) is 2.80. The van der Waals surface area contributed by atoms with E-state index in [1.807, 2.05) is 18.2 Å². The first-order chi connectivity index (χ1) is 9.40. The second kappa shape index (κ2) is 7.99. The van der Waals surface area contributed by atoms with E-state index in [0.29, 0.717) is 26.4 Å². The summed E-state index contributed by atoms with van der Waals surface area (Å²) >= 11 is 0. The van der Waals surface area contributed by atoms with Crippen molar-refractivity contribution in [1.29, 1.82) is 0 Å². The summed E-state index contributed by atoms with van der Waals surface area (Å²) in [5.74, 6) is 1.65. The van der Waals surface area contributed by atoms with Gasteiger partial charge in [-0.3, -0.25) is 0 Å². The molecule has 2 rings (SSSR count). The number of hydrogen-bond acceptors (Lipinski definition) is 5. The maximum Gasteiger partial charge on any atom is 0.161 e. The van der Waals surface area contributed by atoms with Crippen LogP contribution in [0.1, 0.15) is 12.0 Å². The van der Waals surface area contributed by atoms with Crippen molar-refractivity contribution in [2.75, 3.05) is 39.6 Å². The highest BCUT2D eigenvalue weighted by Gasteiger charge is 2.10. The summed E-state index contributed by atoms with van der Waals surface area (Å²) in [6.45, 7) is 4.01. The second-order valence-corrected chi connectivity index (χ2v) is 4.34. The monoisotopic (exact) mass is 267 g/mol. The number of rotatable bonds is 7. The number of nitrogens with one attached hydrogen (secondary N) is 1. The van der Waals surface area contributed by atoms with Crippen molar-refractivity contribution < 1.29 is 19.3 Å². The van der Waals surface area contributed by atoms with Crippen molar-refractivity contribution in [2.24, 2.45) is 0 Å². The van der Waals surface area contributed by atoms with Gasteiger partial charge in [0.2, 0.25) is 0 Å². The van der Waals surface area contributed by atoms with Crippen molar-refractivity contribution in [3.8, 4) is 11.5 Å². The predicted octanol–water partition coefficient (Wildman–Crippen LogP) is 0.946. The lowest BCUT2D eigenvalue weighted by Gasteiger charge is -2.10. The number of aliphatic hydroxyl groups is 1. The molecule has 0 saturated carbocycles. The molecule has 0 aromatic heterocycles. The molecule has 1 aromatic carbocycles. The van der Waals surface area contributed by atoms with E-state index in [-0.39, 0.29) is 6.61 Å². The summed E-state index contributed by atoms with van der Waals surface area (Å²) in [5.41, 5.74) is 1.16. The van der Waals surface area contributed by atoms with E-state index in [1.165, 1.54) is 0 Å². The molecule has 0 bridgehead atoms. The fraction of sp³-hybridized carbons (Fsp3) is 0.571. The van der Waals surface area contributed by atoms with E-state index in [1.54, 1.807) is 0 Å². The molecular formula is C14H21NO4. The van der Waals surface area contributed by atoms with Gasteiger partial charge in [0, 0.05) is 19.5 Å². The molecule has 1 aromatic rings. The normalized spacial score (nSPS) is 14.2. The van der Waals surface area contributed by atoms with E-state index in [9.17, 15) is 0 Å². The topological polar surface area (TPSA) is 60.0 Å². The molecule has 0 spiro atoms. The van der Waals surface area contributed by atoms with Gasteiger partial charge in [0.1, 0.15) is 0 Å². The predicted molar refractivity (Wildman–Crippen MR) is 71.7 cm³/mol. The van der Waals surface area contributed by atoms with Crippen LogP contribution in [-0.2, 0) is 11.3 Å². The minimum absolute atomic E-state index is 0.0716. The SMILES string of the molecule is OCCOCCNCc1ccc2c(c1)OCCCO2. The summed E-state index contributed by atoms with van der Waals surface area (Å²) in [4.78, 5) is 0. The Balaban J connectivity index is 1.76. The van der Waals surface area contributed by atoms with Gasteiger partial charge in [0.25, 0.3) is 0 Å². The molecule has 1 aliphatic rings. The van der Waals surface area contributed by atoms with Crippen LogP contribution in [0.15, 0.2) is 18.2 Å². The zero-order chi connectivity index (χ0) is 13.3. The molecule has 1 heterocycles. The minimum atomic E-state index is 0.0716. The summed E-state index contributed by atoms with van der Waals surface area (Å²) < 4.78 is 16.4. The highest BCUT2D eigenvalue weighted by molar-refractivity contribution is 5.43. The fourth-order valence-electron chi connectivity index (χ4n) is 1.86.